The second-order valence-electron chi connectivity index (χ2n) is 5.35. The molecule has 0 spiro atoms. The Morgan fingerprint density at radius 2 is 2.14 bits per heavy atom. The summed E-state index contributed by atoms with van der Waals surface area (Å²) in [4.78, 5) is 28.1. The minimum atomic E-state index is -0.476. The van der Waals surface area contributed by atoms with Crippen LogP contribution in [0.5, 0.6) is 0 Å². The molecule has 0 radical (unpaired) electrons. The molecule has 22 heavy (non-hydrogen) atoms. The first kappa shape index (κ1) is 14.3. The Hall–Kier alpha value is -2.63. The molecule has 6 heteroatoms. The standard InChI is InChI=1S/C16H18N4O2/c21-15-14(7-3-4-8-17-15)20-16(22)19-12-9-11-5-1-2-6-13(11)18-10-12/h1-2,5-6,9-10,14H,3-4,7-8H2,(H,17,21)(H2,19,20,22)/t14-/m1/s1. The molecule has 3 N–H and O–H groups in total. The predicted octanol–water partition coefficient (Wildman–Crippen LogP) is 2.02. The molecule has 0 unspecified atom stereocenters. The van der Waals surface area contributed by atoms with Crippen LogP contribution in [0, 0.1) is 0 Å². The van der Waals surface area contributed by atoms with Crippen molar-refractivity contribution < 1.29 is 9.59 Å². The number of carbonyl (C=O) groups excluding carboxylic acids is 2. The predicted molar refractivity (Wildman–Crippen MR) is 84.5 cm³/mol. The molecule has 1 atom stereocenters. The van der Waals surface area contributed by atoms with Crippen LogP contribution in [-0.4, -0.2) is 29.5 Å². The lowest BCUT2D eigenvalue weighted by atomic mass is 10.1. The van der Waals surface area contributed by atoms with Gasteiger partial charge in [0.05, 0.1) is 17.4 Å². The molecule has 3 rings (SSSR count). The zero-order valence-electron chi connectivity index (χ0n) is 12.1. The van der Waals surface area contributed by atoms with Gasteiger partial charge in [0, 0.05) is 11.9 Å². The molecule has 114 valence electrons. The number of hydrogen-bond acceptors (Lipinski definition) is 3. The zero-order chi connectivity index (χ0) is 15.4. The molecular weight excluding hydrogens is 280 g/mol. The van der Waals surface area contributed by atoms with Gasteiger partial charge < -0.3 is 16.0 Å². The Labute approximate surface area is 128 Å². The molecule has 0 aliphatic carbocycles. The molecule has 6 nitrogen and oxygen atoms in total. The summed E-state index contributed by atoms with van der Waals surface area (Å²) in [5, 5.41) is 9.19. The van der Waals surface area contributed by atoms with E-state index in [9.17, 15) is 9.59 Å². The van der Waals surface area contributed by atoms with Crippen LogP contribution in [-0.2, 0) is 4.79 Å². The quantitative estimate of drug-likeness (QED) is 0.793. The monoisotopic (exact) mass is 298 g/mol. The van der Waals surface area contributed by atoms with Gasteiger partial charge in [0.1, 0.15) is 6.04 Å². The lowest BCUT2D eigenvalue weighted by Gasteiger charge is -2.15. The third-order valence-electron chi connectivity index (χ3n) is 3.69. The topological polar surface area (TPSA) is 83.1 Å². The van der Waals surface area contributed by atoms with Crippen molar-refractivity contribution in [1.82, 2.24) is 15.6 Å². The molecule has 3 amide bonds. The lowest BCUT2D eigenvalue weighted by Crippen LogP contribution is -2.47. The van der Waals surface area contributed by atoms with Crippen LogP contribution in [0.4, 0.5) is 10.5 Å². The van der Waals surface area contributed by atoms with Crippen LogP contribution >= 0.6 is 0 Å². The van der Waals surface area contributed by atoms with Gasteiger partial charge in [0.25, 0.3) is 0 Å². The summed E-state index contributed by atoms with van der Waals surface area (Å²) in [6, 6.07) is 8.67. The molecule has 2 aromatic rings. The van der Waals surface area contributed by atoms with Crippen LogP contribution in [0.3, 0.4) is 0 Å². The van der Waals surface area contributed by atoms with Crippen molar-refractivity contribution in [3.05, 3.63) is 36.5 Å². The van der Waals surface area contributed by atoms with E-state index in [0.29, 0.717) is 18.7 Å². The number of benzene rings is 1. The van der Waals surface area contributed by atoms with Gasteiger partial charge in [-0.05, 0) is 31.4 Å². The number of amides is 3. The Morgan fingerprint density at radius 1 is 1.27 bits per heavy atom. The molecule has 0 saturated carbocycles. The van der Waals surface area contributed by atoms with Gasteiger partial charge in [-0.1, -0.05) is 18.2 Å². The van der Waals surface area contributed by atoms with Gasteiger partial charge >= 0.3 is 6.03 Å². The van der Waals surface area contributed by atoms with Crippen molar-refractivity contribution in [3.8, 4) is 0 Å². The third kappa shape index (κ3) is 3.33. The molecule has 2 heterocycles. The highest BCUT2D eigenvalue weighted by Crippen LogP contribution is 2.16. The first-order valence-electron chi connectivity index (χ1n) is 7.42. The maximum absolute atomic E-state index is 12.0. The van der Waals surface area contributed by atoms with Crippen LogP contribution in [0.25, 0.3) is 10.9 Å². The second kappa shape index (κ2) is 6.43. The molecule has 1 saturated heterocycles. The average molecular weight is 298 g/mol. The van der Waals surface area contributed by atoms with Gasteiger partial charge in [-0.2, -0.15) is 0 Å². The van der Waals surface area contributed by atoms with Crippen molar-refractivity contribution in [2.45, 2.75) is 25.3 Å². The Morgan fingerprint density at radius 3 is 3.05 bits per heavy atom. The van der Waals surface area contributed by atoms with Gasteiger partial charge in [-0.25, -0.2) is 4.79 Å². The zero-order valence-corrected chi connectivity index (χ0v) is 12.1. The van der Waals surface area contributed by atoms with Crippen molar-refractivity contribution in [3.63, 3.8) is 0 Å². The summed E-state index contributed by atoms with van der Waals surface area (Å²) >= 11 is 0. The van der Waals surface area contributed by atoms with Crippen molar-refractivity contribution >= 4 is 28.5 Å². The van der Waals surface area contributed by atoms with Crippen LogP contribution < -0.4 is 16.0 Å². The van der Waals surface area contributed by atoms with Crippen molar-refractivity contribution in [2.75, 3.05) is 11.9 Å². The van der Waals surface area contributed by atoms with E-state index in [2.05, 4.69) is 20.9 Å². The van der Waals surface area contributed by atoms with E-state index in [-0.39, 0.29) is 11.9 Å². The Kier molecular flexibility index (Phi) is 4.18. The number of anilines is 1. The minimum Gasteiger partial charge on any atom is -0.354 e. The average Bonchev–Trinajstić information content (AvgIpc) is 2.72. The molecule has 1 aromatic carbocycles. The highest BCUT2D eigenvalue weighted by atomic mass is 16.2. The fourth-order valence-corrected chi connectivity index (χ4v) is 2.54. The van der Waals surface area contributed by atoms with E-state index >= 15 is 0 Å². The van der Waals surface area contributed by atoms with E-state index in [0.717, 1.165) is 23.7 Å². The number of aromatic nitrogens is 1. The SMILES string of the molecule is O=C(Nc1cnc2ccccc2c1)N[C@@H]1CCCCNC1=O. The Balaban J connectivity index is 1.66. The molecule has 1 aromatic heterocycles. The number of pyridine rings is 1. The molecule has 1 aliphatic rings. The largest absolute Gasteiger partial charge is 0.354 e. The van der Waals surface area contributed by atoms with E-state index in [1.54, 1.807) is 6.20 Å². The number of urea groups is 1. The maximum Gasteiger partial charge on any atom is 0.319 e. The Bertz CT molecular complexity index is 701. The first-order valence-corrected chi connectivity index (χ1v) is 7.42. The first-order chi connectivity index (χ1) is 10.7. The number of rotatable bonds is 2. The van der Waals surface area contributed by atoms with Gasteiger partial charge in [0.2, 0.25) is 5.91 Å². The molecule has 1 fully saturated rings. The fourth-order valence-electron chi connectivity index (χ4n) is 2.54. The van der Waals surface area contributed by atoms with Crippen LogP contribution in [0.15, 0.2) is 36.5 Å². The number of hydrogen-bond donors (Lipinski definition) is 3. The highest BCUT2D eigenvalue weighted by molar-refractivity contribution is 5.95. The number of fused-ring (bicyclic) bond motifs is 1. The van der Waals surface area contributed by atoms with Crippen molar-refractivity contribution in [2.24, 2.45) is 0 Å². The third-order valence-corrected chi connectivity index (χ3v) is 3.69. The molecule has 0 bridgehead atoms. The summed E-state index contributed by atoms with van der Waals surface area (Å²) in [6.45, 7) is 0.674. The summed E-state index contributed by atoms with van der Waals surface area (Å²) < 4.78 is 0. The maximum atomic E-state index is 12.0. The lowest BCUT2D eigenvalue weighted by molar-refractivity contribution is -0.122. The number of nitrogens with zero attached hydrogens (tertiary/aromatic N) is 1. The number of para-hydroxylation sites is 1. The smallest absolute Gasteiger partial charge is 0.319 e. The summed E-state index contributed by atoms with van der Waals surface area (Å²) in [7, 11) is 0. The van der Waals surface area contributed by atoms with Crippen LogP contribution in [0.2, 0.25) is 0 Å². The fraction of sp³-hybridized carbons (Fsp3) is 0.312. The van der Waals surface area contributed by atoms with Gasteiger partial charge in [0.15, 0.2) is 0 Å². The highest BCUT2D eigenvalue weighted by Gasteiger charge is 2.22. The van der Waals surface area contributed by atoms with E-state index in [1.165, 1.54) is 0 Å². The van der Waals surface area contributed by atoms with E-state index in [1.807, 2.05) is 30.3 Å². The molecular formula is C16H18N4O2. The summed E-state index contributed by atoms with van der Waals surface area (Å²) in [5.41, 5.74) is 1.47. The molecule has 1 aliphatic heterocycles. The van der Waals surface area contributed by atoms with E-state index < -0.39 is 6.04 Å². The van der Waals surface area contributed by atoms with Crippen LogP contribution in [0.1, 0.15) is 19.3 Å². The summed E-state index contributed by atoms with van der Waals surface area (Å²) in [5.74, 6) is -0.121. The number of carbonyl (C=O) groups is 2. The van der Waals surface area contributed by atoms with Gasteiger partial charge in [-0.3, -0.25) is 9.78 Å². The van der Waals surface area contributed by atoms with E-state index in [4.69, 9.17) is 0 Å². The minimum absolute atomic E-state index is 0.121. The van der Waals surface area contributed by atoms with Gasteiger partial charge in [-0.15, -0.1) is 0 Å². The number of nitrogens with one attached hydrogen (secondary N) is 3. The second-order valence-corrected chi connectivity index (χ2v) is 5.35. The normalized spacial score (nSPS) is 18.4. The summed E-state index contributed by atoms with van der Waals surface area (Å²) in [6.07, 6.45) is 4.13. The van der Waals surface area contributed by atoms with Crippen molar-refractivity contribution in [1.29, 1.82) is 0 Å².